The molecule has 2 bridgehead atoms. The van der Waals surface area contributed by atoms with Gasteiger partial charge in [-0.3, -0.25) is 4.79 Å². The summed E-state index contributed by atoms with van der Waals surface area (Å²) in [6.07, 6.45) is 8.67. The molecule has 3 N–H and O–H groups in total. The Kier molecular flexibility index (Phi) is 8.01. The lowest BCUT2D eigenvalue weighted by Gasteiger charge is -2.49. The molecule has 216 valence electrons. The van der Waals surface area contributed by atoms with Crippen LogP contribution < -0.4 is 0 Å². The van der Waals surface area contributed by atoms with Crippen LogP contribution in [0.15, 0.2) is 47.1 Å². The quantitative estimate of drug-likeness (QED) is 0.314. The molecule has 39 heavy (non-hydrogen) atoms. The van der Waals surface area contributed by atoms with Gasteiger partial charge in [-0.2, -0.15) is 0 Å². The highest BCUT2D eigenvalue weighted by molar-refractivity contribution is 5.78. The third kappa shape index (κ3) is 5.32. The smallest absolute Gasteiger partial charge is 0.316 e. The molecule has 1 aliphatic carbocycles. The summed E-state index contributed by atoms with van der Waals surface area (Å²) in [5.41, 5.74) is 0.154. The zero-order valence-electron chi connectivity index (χ0n) is 23.7. The Morgan fingerprint density at radius 3 is 2.54 bits per heavy atom. The molecule has 0 aromatic heterocycles. The van der Waals surface area contributed by atoms with Crippen molar-refractivity contribution in [1.82, 2.24) is 0 Å². The van der Waals surface area contributed by atoms with Crippen LogP contribution in [0.4, 0.5) is 0 Å². The third-order valence-electron chi connectivity index (χ3n) is 9.57. The van der Waals surface area contributed by atoms with Crippen LogP contribution in [-0.4, -0.2) is 75.9 Å². The van der Waals surface area contributed by atoms with Crippen molar-refractivity contribution in [3.8, 4) is 0 Å². The molecule has 0 aromatic carbocycles. The Morgan fingerprint density at radius 1 is 1.03 bits per heavy atom. The van der Waals surface area contributed by atoms with Gasteiger partial charge in [0.1, 0.15) is 29.8 Å². The Bertz CT molecular complexity index is 1080. The number of hydrogen-bond donors (Lipinski definition) is 3. The highest BCUT2D eigenvalue weighted by Gasteiger charge is 2.60. The number of allylic oxidation sites excluding steroid dienone is 2. The van der Waals surface area contributed by atoms with E-state index in [1.165, 1.54) is 0 Å². The summed E-state index contributed by atoms with van der Waals surface area (Å²) < 4.78 is 25.1. The maximum Gasteiger partial charge on any atom is 0.316 e. The van der Waals surface area contributed by atoms with E-state index in [9.17, 15) is 20.1 Å². The molecule has 8 heteroatoms. The van der Waals surface area contributed by atoms with Gasteiger partial charge in [-0.05, 0) is 56.3 Å². The molecule has 0 aromatic rings. The minimum atomic E-state index is -1.75. The van der Waals surface area contributed by atoms with Crippen molar-refractivity contribution in [3.05, 3.63) is 47.1 Å². The van der Waals surface area contributed by atoms with E-state index in [1.807, 2.05) is 26.0 Å². The van der Waals surface area contributed by atoms with Crippen LogP contribution in [0.25, 0.3) is 0 Å². The summed E-state index contributed by atoms with van der Waals surface area (Å²) in [6, 6.07) is 0. The molecule has 0 radical (unpaired) electrons. The summed E-state index contributed by atoms with van der Waals surface area (Å²) in [5, 5.41) is 33.8. The van der Waals surface area contributed by atoms with E-state index < -0.39 is 47.7 Å². The molecule has 11 atom stereocenters. The van der Waals surface area contributed by atoms with Crippen molar-refractivity contribution in [1.29, 1.82) is 0 Å². The Balaban J connectivity index is 1.53. The van der Waals surface area contributed by atoms with Crippen LogP contribution in [0.5, 0.6) is 0 Å². The molecule has 5 rings (SSSR count). The van der Waals surface area contributed by atoms with E-state index in [1.54, 1.807) is 25.2 Å². The van der Waals surface area contributed by atoms with Gasteiger partial charge >= 0.3 is 5.97 Å². The number of aliphatic hydroxyl groups excluding tert-OH is 2. The average Bonchev–Trinajstić information content (AvgIpc) is 3.23. The van der Waals surface area contributed by atoms with Crippen molar-refractivity contribution >= 4 is 5.97 Å². The van der Waals surface area contributed by atoms with Gasteiger partial charge in [0, 0.05) is 25.2 Å². The number of esters is 1. The van der Waals surface area contributed by atoms with Gasteiger partial charge in [0.2, 0.25) is 0 Å². The Hall–Kier alpha value is -1.81. The SMILES string of the molecule is CC1=C[C@H]2C(=O)O[C@@H]3C[C@@H](C/C=C(\C)[C@H](O)[C@@H](C)/C=C/C=C4\CO[C@H]([C@@H]1O)[C@@]42O)O[C@]1(CC[C@H](C)[C@@H](C)O1)C3. The van der Waals surface area contributed by atoms with Crippen molar-refractivity contribution in [3.63, 3.8) is 0 Å². The molecule has 4 heterocycles. The van der Waals surface area contributed by atoms with Gasteiger partial charge in [0.05, 0.1) is 24.9 Å². The van der Waals surface area contributed by atoms with E-state index in [2.05, 4.69) is 13.8 Å². The van der Waals surface area contributed by atoms with Crippen molar-refractivity contribution in [2.24, 2.45) is 17.8 Å². The average molecular weight is 545 g/mol. The number of fused-ring (bicyclic) bond motifs is 2. The van der Waals surface area contributed by atoms with E-state index in [-0.39, 0.29) is 24.7 Å². The molecule has 1 spiro atoms. The zero-order valence-corrected chi connectivity index (χ0v) is 23.7. The number of rotatable bonds is 0. The molecule has 8 nitrogen and oxygen atoms in total. The fraction of sp³-hybridized carbons (Fsp3) is 0.710. The number of ether oxygens (including phenoxy) is 4. The minimum Gasteiger partial charge on any atom is -0.462 e. The number of carbonyl (C=O) groups is 1. The van der Waals surface area contributed by atoms with E-state index in [0.717, 1.165) is 12.0 Å². The first kappa shape index (κ1) is 28.7. The second kappa shape index (κ2) is 10.9. The van der Waals surface area contributed by atoms with Crippen LogP contribution in [0, 0.1) is 17.8 Å². The first-order valence-corrected chi connectivity index (χ1v) is 14.4. The summed E-state index contributed by atoms with van der Waals surface area (Å²) >= 11 is 0. The van der Waals surface area contributed by atoms with Crippen molar-refractivity contribution in [2.75, 3.05) is 6.61 Å². The van der Waals surface area contributed by atoms with Gasteiger partial charge in [0.15, 0.2) is 5.79 Å². The highest BCUT2D eigenvalue weighted by Crippen LogP contribution is 2.47. The molecule has 4 aliphatic heterocycles. The maximum atomic E-state index is 13.8. The highest BCUT2D eigenvalue weighted by atomic mass is 16.7. The lowest BCUT2D eigenvalue weighted by Crippen LogP contribution is -2.58. The lowest BCUT2D eigenvalue weighted by atomic mass is 9.71. The zero-order chi connectivity index (χ0) is 28.1. The van der Waals surface area contributed by atoms with Crippen LogP contribution in [0.2, 0.25) is 0 Å². The molecule has 0 amide bonds. The second-order valence-electron chi connectivity index (χ2n) is 12.4. The summed E-state index contributed by atoms with van der Waals surface area (Å²) in [4.78, 5) is 13.8. The Morgan fingerprint density at radius 2 is 1.79 bits per heavy atom. The standard InChI is InChI=1S/C31H44O8/c1-17-11-12-30(38-21(17)5)15-24-14-23(39-30)10-9-19(3)26(32)18(2)7-6-8-22-16-36-28-27(33)20(4)13-25(29(34)37-24)31(22,28)35/h6-9,13,17-18,21,23-28,32-33,35H,10-12,14-16H2,1-5H3/b7-6+,19-9+,22-8+/t17-,18-,21+,23+,24+,25-,26+,27+,28+,30+,31+/m0/s1. The first-order chi connectivity index (χ1) is 18.4. The second-order valence-corrected chi connectivity index (χ2v) is 12.4. The maximum absolute atomic E-state index is 13.8. The normalized spacial score (nSPS) is 50.6. The monoisotopic (exact) mass is 544 g/mol. The van der Waals surface area contributed by atoms with Gasteiger partial charge in [-0.25, -0.2) is 0 Å². The molecule has 0 unspecified atom stereocenters. The molecule has 3 fully saturated rings. The predicted octanol–water partition coefficient (Wildman–Crippen LogP) is 3.51. The number of aliphatic hydroxyl groups is 3. The lowest BCUT2D eigenvalue weighted by molar-refractivity contribution is -0.332. The van der Waals surface area contributed by atoms with Gasteiger partial charge in [0.25, 0.3) is 0 Å². The Labute approximate surface area is 231 Å². The van der Waals surface area contributed by atoms with E-state index in [0.29, 0.717) is 42.7 Å². The molecular formula is C31H44O8. The summed E-state index contributed by atoms with van der Waals surface area (Å²) in [6.45, 7) is 9.87. The van der Waals surface area contributed by atoms with Crippen LogP contribution in [-0.2, 0) is 23.7 Å². The fourth-order valence-electron chi connectivity index (χ4n) is 6.80. The van der Waals surface area contributed by atoms with Crippen molar-refractivity contribution < 1.29 is 39.1 Å². The number of hydrogen-bond acceptors (Lipinski definition) is 8. The largest absolute Gasteiger partial charge is 0.462 e. The predicted molar refractivity (Wildman–Crippen MR) is 144 cm³/mol. The third-order valence-corrected chi connectivity index (χ3v) is 9.57. The van der Waals surface area contributed by atoms with Gasteiger partial charge in [-0.1, -0.05) is 44.2 Å². The topological polar surface area (TPSA) is 115 Å². The van der Waals surface area contributed by atoms with Crippen molar-refractivity contribution in [2.45, 2.75) is 115 Å². The molecule has 0 saturated carbocycles. The minimum absolute atomic E-state index is 0.00802. The first-order valence-electron chi connectivity index (χ1n) is 14.4. The van der Waals surface area contributed by atoms with E-state index >= 15 is 0 Å². The van der Waals surface area contributed by atoms with Crippen LogP contribution in [0.3, 0.4) is 0 Å². The molecule has 5 aliphatic rings. The van der Waals surface area contributed by atoms with E-state index in [4.69, 9.17) is 18.9 Å². The van der Waals surface area contributed by atoms with Gasteiger partial charge in [-0.15, -0.1) is 0 Å². The van der Waals surface area contributed by atoms with Gasteiger partial charge < -0.3 is 34.3 Å². The van der Waals surface area contributed by atoms with Crippen LogP contribution in [0.1, 0.15) is 66.7 Å². The molecular weight excluding hydrogens is 500 g/mol. The number of carbonyl (C=O) groups excluding carboxylic acids is 1. The fourth-order valence-corrected chi connectivity index (χ4v) is 6.80. The molecule has 3 saturated heterocycles. The summed E-state index contributed by atoms with van der Waals surface area (Å²) in [5.74, 6) is -2.21. The summed E-state index contributed by atoms with van der Waals surface area (Å²) in [7, 11) is 0. The van der Waals surface area contributed by atoms with Crippen LogP contribution >= 0.6 is 0 Å².